The Hall–Kier alpha value is -1.34. The number of nitrogens with zero attached hydrogens (tertiary/aromatic N) is 1. The standard InChI is InChI=1S/C14H22F3N3O/c1-2-5-20-12(4-7-21-10-14(15,16)17)8-11-9-19-6-3-13(11)18/h3,6,9,12,20H,2,4-5,7-8,10H2,1H3,(H2,18,19). The van der Waals surface area contributed by atoms with E-state index in [4.69, 9.17) is 5.73 Å². The molecule has 0 amide bonds. The molecule has 0 radical (unpaired) electrons. The average molecular weight is 305 g/mol. The van der Waals surface area contributed by atoms with E-state index in [0.29, 0.717) is 18.5 Å². The highest BCUT2D eigenvalue weighted by Crippen LogP contribution is 2.16. The first-order valence-electron chi connectivity index (χ1n) is 6.98. The molecule has 0 spiro atoms. The van der Waals surface area contributed by atoms with E-state index in [1.165, 1.54) is 0 Å². The molecule has 0 saturated heterocycles. The minimum Gasteiger partial charge on any atom is -0.398 e. The van der Waals surface area contributed by atoms with Crippen LogP contribution in [0.25, 0.3) is 0 Å². The first kappa shape index (κ1) is 17.7. The average Bonchev–Trinajstić information content (AvgIpc) is 2.41. The van der Waals surface area contributed by atoms with Crippen molar-refractivity contribution in [2.45, 2.75) is 38.4 Å². The highest BCUT2D eigenvalue weighted by molar-refractivity contribution is 5.44. The molecular weight excluding hydrogens is 283 g/mol. The second-order valence-corrected chi connectivity index (χ2v) is 4.89. The second-order valence-electron chi connectivity index (χ2n) is 4.89. The number of nitrogen functional groups attached to an aromatic ring is 1. The van der Waals surface area contributed by atoms with Crippen molar-refractivity contribution in [3.8, 4) is 0 Å². The van der Waals surface area contributed by atoms with Gasteiger partial charge < -0.3 is 15.8 Å². The Morgan fingerprint density at radius 3 is 2.81 bits per heavy atom. The highest BCUT2D eigenvalue weighted by Gasteiger charge is 2.27. The SMILES string of the molecule is CCCNC(CCOCC(F)(F)F)Cc1cnccc1N. The van der Waals surface area contributed by atoms with E-state index in [2.05, 4.69) is 15.0 Å². The minimum atomic E-state index is -4.28. The van der Waals surface area contributed by atoms with Gasteiger partial charge in [-0.1, -0.05) is 6.92 Å². The van der Waals surface area contributed by atoms with Crippen LogP contribution in [0.15, 0.2) is 18.5 Å². The van der Waals surface area contributed by atoms with Gasteiger partial charge in [0.05, 0.1) is 0 Å². The molecule has 0 aliphatic carbocycles. The third-order valence-corrected chi connectivity index (χ3v) is 2.97. The molecule has 0 saturated carbocycles. The van der Waals surface area contributed by atoms with E-state index in [-0.39, 0.29) is 12.6 Å². The number of anilines is 1. The van der Waals surface area contributed by atoms with Crippen LogP contribution in [0, 0.1) is 0 Å². The molecule has 0 fully saturated rings. The summed E-state index contributed by atoms with van der Waals surface area (Å²) >= 11 is 0. The fraction of sp³-hybridized carbons (Fsp3) is 0.643. The van der Waals surface area contributed by atoms with Crippen LogP contribution in [0.2, 0.25) is 0 Å². The summed E-state index contributed by atoms with van der Waals surface area (Å²) in [6.45, 7) is 1.68. The number of hydrogen-bond acceptors (Lipinski definition) is 4. The lowest BCUT2D eigenvalue weighted by Crippen LogP contribution is -2.33. The van der Waals surface area contributed by atoms with Crippen molar-refractivity contribution in [3.05, 3.63) is 24.0 Å². The van der Waals surface area contributed by atoms with Crippen LogP contribution < -0.4 is 11.1 Å². The number of pyridine rings is 1. The smallest absolute Gasteiger partial charge is 0.398 e. The molecule has 1 unspecified atom stereocenters. The largest absolute Gasteiger partial charge is 0.411 e. The lowest BCUT2D eigenvalue weighted by atomic mass is 10.0. The molecule has 0 bridgehead atoms. The molecule has 7 heteroatoms. The van der Waals surface area contributed by atoms with Crippen LogP contribution in [0.3, 0.4) is 0 Å². The summed E-state index contributed by atoms with van der Waals surface area (Å²) < 4.78 is 40.7. The zero-order chi connectivity index (χ0) is 15.7. The van der Waals surface area contributed by atoms with E-state index in [1.54, 1.807) is 18.5 Å². The Balaban J connectivity index is 2.46. The van der Waals surface area contributed by atoms with Crippen molar-refractivity contribution in [2.75, 3.05) is 25.5 Å². The van der Waals surface area contributed by atoms with Crippen molar-refractivity contribution < 1.29 is 17.9 Å². The Bertz CT molecular complexity index is 413. The summed E-state index contributed by atoms with van der Waals surface area (Å²) in [5.41, 5.74) is 7.40. The third kappa shape index (κ3) is 7.87. The van der Waals surface area contributed by atoms with Crippen LogP contribution >= 0.6 is 0 Å². The van der Waals surface area contributed by atoms with Crippen molar-refractivity contribution in [1.82, 2.24) is 10.3 Å². The van der Waals surface area contributed by atoms with Gasteiger partial charge in [-0.25, -0.2) is 0 Å². The summed E-state index contributed by atoms with van der Waals surface area (Å²) in [5.74, 6) is 0. The Labute approximate surface area is 122 Å². The van der Waals surface area contributed by atoms with Crippen molar-refractivity contribution in [2.24, 2.45) is 0 Å². The normalized spacial score (nSPS) is 13.3. The highest BCUT2D eigenvalue weighted by atomic mass is 19.4. The zero-order valence-electron chi connectivity index (χ0n) is 12.1. The molecular formula is C14H22F3N3O. The van der Waals surface area contributed by atoms with Gasteiger partial charge in [0.25, 0.3) is 0 Å². The molecule has 0 aliphatic rings. The molecule has 1 aromatic rings. The number of aromatic nitrogens is 1. The molecule has 3 N–H and O–H groups in total. The van der Waals surface area contributed by atoms with Gasteiger partial charge in [0.2, 0.25) is 0 Å². The Kier molecular flexibility index (Phi) is 7.45. The molecule has 120 valence electrons. The fourth-order valence-corrected chi connectivity index (χ4v) is 1.91. The van der Waals surface area contributed by atoms with Crippen LogP contribution in [0.5, 0.6) is 0 Å². The van der Waals surface area contributed by atoms with Gasteiger partial charge in [-0.05, 0) is 37.4 Å². The Morgan fingerprint density at radius 2 is 2.19 bits per heavy atom. The number of nitrogens with two attached hydrogens (primary N) is 1. The molecule has 1 heterocycles. The summed E-state index contributed by atoms with van der Waals surface area (Å²) in [6, 6.07) is 1.73. The summed E-state index contributed by atoms with van der Waals surface area (Å²) in [5, 5.41) is 3.30. The number of alkyl halides is 3. The van der Waals surface area contributed by atoms with E-state index < -0.39 is 12.8 Å². The predicted molar refractivity (Wildman–Crippen MR) is 75.9 cm³/mol. The molecule has 0 aliphatic heterocycles. The molecule has 1 aromatic heterocycles. The lowest BCUT2D eigenvalue weighted by molar-refractivity contribution is -0.174. The fourth-order valence-electron chi connectivity index (χ4n) is 1.91. The topological polar surface area (TPSA) is 60.2 Å². The minimum absolute atomic E-state index is 0.0182. The molecule has 0 aromatic carbocycles. The Morgan fingerprint density at radius 1 is 1.43 bits per heavy atom. The first-order valence-corrected chi connectivity index (χ1v) is 6.98. The predicted octanol–water partition coefficient (Wildman–Crippen LogP) is 2.54. The molecule has 21 heavy (non-hydrogen) atoms. The van der Waals surface area contributed by atoms with E-state index in [9.17, 15) is 13.2 Å². The van der Waals surface area contributed by atoms with Gasteiger partial charge in [-0.2, -0.15) is 13.2 Å². The van der Waals surface area contributed by atoms with E-state index in [0.717, 1.165) is 18.5 Å². The van der Waals surface area contributed by atoms with Crippen LogP contribution in [-0.2, 0) is 11.2 Å². The van der Waals surface area contributed by atoms with E-state index >= 15 is 0 Å². The number of ether oxygens (including phenoxy) is 1. The summed E-state index contributed by atoms with van der Waals surface area (Å²) in [7, 11) is 0. The second kappa shape index (κ2) is 8.84. The first-order chi connectivity index (χ1) is 9.92. The van der Waals surface area contributed by atoms with Crippen molar-refractivity contribution >= 4 is 5.69 Å². The maximum atomic E-state index is 12.0. The van der Waals surface area contributed by atoms with Gasteiger partial charge in [0.1, 0.15) is 6.61 Å². The number of rotatable bonds is 9. The van der Waals surface area contributed by atoms with Crippen LogP contribution in [0.4, 0.5) is 18.9 Å². The number of halogens is 3. The van der Waals surface area contributed by atoms with Crippen LogP contribution in [-0.4, -0.2) is 37.0 Å². The molecule has 4 nitrogen and oxygen atoms in total. The number of hydrogen-bond donors (Lipinski definition) is 2. The monoisotopic (exact) mass is 305 g/mol. The molecule has 1 atom stereocenters. The lowest BCUT2D eigenvalue weighted by Gasteiger charge is -2.19. The van der Waals surface area contributed by atoms with Gasteiger partial charge in [-0.3, -0.25) is 4.98 Å². The van der Waals surface area contributed by atoms with Crippen molar-refractivity contribution in [3.63, 3.8) is 0 Å². The van der Waals surface area contributed by atoms with Gasteiger partial charge >= 0.3 is 6.18 Å². The van der Waals surface area contributed by atoms with Gasteiger partial charge in [-0.15, -0.1) is 0 Å². The maximum Gasteiger partial charge on any atom is 0.411 e. The van der Waals surface area contributed by atoms with Crippen molar-refractivity contribution in [1.29, 1.82) is 0 Å². The quantitative estimate of drug-likeness (QED) is 0.688. The maximum absolute atomic E-state index is 12.0. The van der Waals surface area contributed by atoms with Gasteiger partial charge in [0, 0.05) is 30.7 Å². The van der Waals surface area contributed by atoms with Gasteiger partial charge in [0.15, 0.2) is 0 Å². The molecule has 1 rings (SSSR count). The van der Waals surface area contributed by atoms with Crippen LogP contribution in [0.1, 0.15) is 25.3 Å². The zero-order valence-corrected chi connectivity index (χ0v) is 12.1. The summed E-state index contributed by atoms with van der Waals surface area (Å²) in [6.07, 6.45) is 1.08. The van der Waals surface area contributed by atoms with E-state index in [1.807, 2.05) is 6.92 Å². The number of nitrogens with one attached hydrogen (secondary N) is 1. The third-order valence-electron chi connectivity index (χ3n) is 2.97. The summed E-state index contributed by atoms with van der Waals surface area (Å²) in [4.78, 5) is 4.02.